The number of fused-ring (bicyclic) bond motifs is 5. The third-order valence-corrected chi connectivity index (χ3v) is 14.9. The Morgan fingerprint density at radius 2 is 1.27 bits per heavy atom. The van der Waals surface area contributed by atoms with Gasteiger partial charge in [-0.05, 0) is 109 Å². The summed E-state index contributed by atoms with van der Waals surface area (Å²) in [5, 5.41) is 0. The standard InChI is InChI=1S/C30H54O12S3/c1-8-28(4,5)19(3)10-9-18(2)21-11-12-22-20-15-25(40-43(31,32)33)24-16-26(41-44(34,35)36)27(42-45(37,38)39)17-30(24,7)23(20)13-14-29(21,22)6/h18-27H,8-17H2,1-7H3,(H,31,32,33)(H,34,35,36)(H,37,38,39)/p-3/t18-,19?,20+,21-,22+,23+,24-,25+,26+,27+,29-,30-/m1/s1. The van der Waals surface area contributed by atoms with Crippen molar-refractivity contribution in [3.63, 3.8) is 0 Å². The van der Waals surface area contributed by atoms with Crippen LogP contribution in [0.15, 0.2) is 0 Å². The number of rotatable bonds is 12. The SMILES string of the molecule is CCC(C)(C)C(C)CC[C@@H](C)[C@H]1CC[C@H]2[C@@H]3C[C@H](OS(=O)(=O)[O-])[C@H]4C[C@H](OS(=O)(=O)[O-])[C@@H](OS(=O)(=O)[O-])C[C@]4(C)[C@H]3CC[C@]12C. The van der Waals surface area contributed by atoms with Crippen LogP contribution in [0.25, 0.3) is 0 Å². The van der Waals surface area contributed by atoms with E-state index in [0.29, 0.717) is 17.8 Å². The van der Waals surface area contributed by atoms with Crippen molar-refractivity contribution in [3.8, 4) is 0 Å². The average molecular weight is 700 g/mol. The van der Waals surface area contributed by atoms with Crippen LogP contribution in [0.1, 0.15) is 113 Å². The smallest absolute Gasteiger partial charge is 0.217 e. The molecule has 0 heterocycles. The maximum atomic E-state index is 12.0. The normalized spacial score (nSPS) is 40.7. The third-order valence-electron chi connectivity index (χ3n) is 13.4. The Bertz CT molecular complexity index is 1400. The molecule has 0 bridgehead atoms. The summed E-state index contributed by atoms with van der Waals surface area (Å²) in [6.07, 6.45) is 2.28. The van der Waals surface area contributed by atoms with Gasteiger partial charge in [-0.25, -0.2) is 25.3 Å². The quantitative estimate of drug-likeness (QED) is 0.198. The van der Waals surface area contributed by atoms with E-state index in [1.165, 1.54) is 0 Å². The van der Waals surface area contributed by atoms with Crippen LogP contribution in [0, 0.1) is 57.7 Å². The first-order valence-corrected chi connectivity index (χ1v) is 20.3. The average Bonchev–Trinajstić information content (AvgIpc) is 3.23. The van der Waals surface area contributed by atoms with Gasteiger partial charge in [0.05, 0.1) is 6.10 Å². The molecular weight excluding hydrogens is 649 g/mol. The van der Waals surface area contributed by atoms with Gasteiger partial charge in [-0.1, -0.05) is 61.3 Å². The van der Waals surface area contributed by atoms with Crippen LogP contribution in [0.3, 0.4) is 0 Å². The van der Waals surface area contributed by atoms with E-state index in [4.69, 9.17) is 8.37 Å². The highest BCUT2D eigenvalue weighted by molar-refractivity contribution is 7.81. The van der Waals surface area contributed by atoms with Gasteiger partial charge in [-0.2, -0.15) is 0 Å². The fourth-order valence-electron chi connectivity index (χ4n) is 10.4. The molecule has 0 spiro atoms. The largest absolute Gasteiger partial charge is 0.726 e. The molecule has 12 nitrogen and oxygen atoms in total. The Kier molecular flexibility index (Phi) is 10.7. The monoisotopic (exact) mass is 699 g/mol. The summed E-state index contributed by atoms with van der Waals surface area (Å²) in [6, 6.07) is 0. The third kappa shape index (κ3) is 8.09. The lowest BCUT2D eigenvalue weighted by Gasteiger charge is -2.63. The Morgan fingerprint density at radius 1 is 0.733 bits per heavy atom. The van der Waals surface area contributed by atoms with Crippen molar-refractivity contribution in [2.45, 2.75) is 131 Å². The molecule has 0 N–H and O–H groups in total. The predicted octanol–water partition coefficient (Wildman–Crippen LogP) is 4.89. The van der Waals surface area contributed by atoms with E-state index in [0.717, 1.165) is 44.9 Å². The van der Waals surface area contributed by atoms with Gasteiger partial charge in [0.2, 0.25) is 31.2 Å². The minimum Gasteiger partial charge on any atom is -0.726 e. The molecule has 1 unspecified atom stereocenters. The second kappa shape index (κ2) is 12.8. The number of hydrogen-bond acceptors (Lipinski definition) is 12. The Balaban J connectivity index is 1.65. The molecule has 0 radical (unpaired) electrons. The maximum absolute atomic E-state index is 12.0. The second-order valence-corrected chi connectivity index (χ2v) is 18.8. The highest BCUT2D eigenvalue weighted by Gasteiger charge is 2.64. The van der Waals surface area contributed by atoms with Gasteiger partial charge < -0.3 is 13.7 Å². The molecule has 12 atom stereocenters. The molecular formula is C30H51O12S3-3. The summed E-state index contributed by atoms with van der Waals surface area (Å²) in [4.78, 5) is 0. The van der Waals surface area contributed by atoms with Crippen molar-refractivity contribution in [1.82, 2.24) is 0 Å². The van der Waals surface area contributed by atoms with E-state index in [1.807, 2.05) is 6.92 Å². The molecule has 4 saturated carbocycles. The van der Waals surface area contributed by atoms with Crippen LogP contribution in [0.5, 0.6) is 0 Å². The van der Waals surface area contributed by atoms with E-state index in [1.54, 1.807) is 0 Å². The van der Waals surface area contributed by atoms with Gasteiger partial charge in [0.25, 0.3) is 0 Å². The van der Waals surface area contributed by atoms with E-state index < -0.39 is 60.8 Å². The lowest BCUT2D eigenvalue weighted by atomic mass is 9.43. The van der Waals surface area contributed by atoms with Crippen LogP contribution in [-0.4, -0.2) is 57.2 Å². The zero-order chi connectivity index (χ0) is 34.0. The zero-order valence-corrected chi connectivity index (χ0v) is 29.9. The van der Waals surface area contributed by atoms with Gasteiger partial charge in [-0.3, -0.25) is 12.5 Å². The predicted molar refractivity (Wildman–Crippen MR) is 161 cm³/mol. The van der Waals surface area contributed by atoms with E-state index in [2.05, 4.69) is 45.7 Å². The molecule has 4 aliphatic rings. The highest BCUT2D eigenvalue weighted by atomic mass is 32.3. The summed E-state index contributed by atoms with van der Waals surface area (Å²) in [5.41, 5.74) is -0.661. The summed E-state index contributed by atoms with van der Waals surface area (Å²) in [6.45, 7) is 15.7. The minimum atomic E-state index is -5.35. The maximum Gasteiger partial charge on any atom is 0.217 e. The Hall–Kier alpha value is -0.390. The van der Waals surface area contributed by atoms with Gasteiger partial charge in [-0.15, -0.1) is 0 Å². The zero-order valence-electron chi connectivity index (χ0n) is 27.5. The fourth-order valence-corrected chi connectivity index (χ4v) is 12.0. The van der Waals surface area contributed by atoms with Gasteiger partial charge in [0, 0.05) is 0 Å². The van der Waals surface area contributed by atoms with Crippen molar-refractivity contribution in [1.29, 1.82) is 0 Å². The van der Waals surface area contributed by atoms with Crippen LogP contribution in [-0.2, 0) is 43.7 Å². The molecule has 0 aromatic carbocycles. The molecule has 0 aliphatic heterocycles. The van der Waals surface area contributed by atoms with E-state index in [9.17, 15) is 38.9 Å². The Morgan fingerprint density at radius 3 is 1.82 bits per heavy atom. The van der Waals surface area contributed by atoms with Crippen molar-refractivity contribution in [2.24, 2.45) is 57.7 Å². The van der Waals surface area contributed by atoms with Crippen molar-refractivity contribution < 1.29 is 51.5 Å². The van der Waals surface area contributed by atoms with Crippen LogP contribution >= 0.6 is 0 Å². The molecule has 0 saturated heterocycles. The second-order valence-electron chi connectivity index (χ2n) is 15.8. The number of hydrogen-bond donors (Lipinski definition) is 0. The van der Waals surface area contributed by atoms with Gasteiger partial charge >= 0.3 is 0 Å². The molecule has 15 heteroatoms. The summed E-state index contributed by atoms with van der Waals surface area (Å²) in [7, 11) is -15.8. The highest BCUT2D eigenvalue weighted by Crippen LogP contribution is 2.69. The first-order valence-electron chi connectivity index (χ1n) is 16.3. The first kappa shape index (κ1) is 37.4. The Labute approximate surface area is 270 Å². The molecule has 4 fully saturated rings. The molecule has 4 rings (SSSR count). The summed E-state index contributed by atoms with van der Waals surface area (Å²) >= 11 is 0. The molecule has 0 aromatic heterocycles. The molecule has 0 aromatic rings. The van der Waals surface area contributed by atoms with Crippen molar-refractivity contribution in [3.05, 3.63) is 0 Å². The van der Waals surface area contributed by atoms with E-state index >= 15 is 0 Å². The van der Waals surface area contributed by atoms with E-state index in [-0.39, 0.29) is 47.8 Å². The topological polar surface area (TPSA) is 199 Å². The van der Waals surface area contributed by atoms with Crippen LogP contribution in [0.4, 0.5) is 0 Å². The summed E-state index contributed by atoms with van der Waals surface area (Å²) < 4.78 is 120. The first-order chi connectivity index (χ1) is 20.4. The summed E-state index contributed by atoms with van der Waals surface area (Å²) in [5.74, 6) is 0.821. The molecule has 0 amide bonds. The van der Waals surface area contributed by atoms with Gasteiger partial charge in [0.1, 0.15) is 12.2 Å². The minimum absolute atomic E-state index is 0.0284. The van der Waals surface area contributed by atoms with Gasteiger partial charge in [0.15, 0.2) is 0 Å². The molecule has 4 aliphatic carbocycles. The molecule has 45 heavy (non-hydrogen) atoms. The molecule has 264 valence electrons. The van der Waals surface area contributed by atoms with Crippen LogP contribution in [0.2, 0.25) is 0 Å². The lowest BCUT2D eigenvalue weighted by molar-refractivity contribution is -0.184. The fraction of sp³-hybridized carbons (Fsp3) is 1.00. The lowest BCUT2D eigenvalue weighted by Crippen LogP contribution is -2.62. The van der Waals surface area contributed by atoms with Crippen molar-refractivity contribution >= 4 is 31.2 Å². The van der Waals surface area contributed by atoms with Crippen molar-refractivity contribution in [2.75, 3.05) is 0 Å². The van der Waals surface area contributed by atoms with Crippen LogP contribution < -0.4 is 0 Å².